The van der Waals surface area contributed by atoms with Crippen molar-refractivity contribution in [3.63, 3.8) is 0 Å². The minimum absolute atomic E-state index is 0.000806. The molecule has 3 rings (SSSR count). The molecule has 2 heterocycles. The first-order chi connectivity index (χ1) is 11.9. The quantitative estimate of drug-likeness (QED) is 0.650. The van der Waals surface area contributed by atoms with Crippen molar-refractivity contribution < 1.29 is 19.4 Å². The van der Waals surface area contributed by atoms with Crippen LogP contribution in [0, 0.1) is 0 Å². The Labute approximate surface area is 149 Å². The number of guanidine groups is 1. The van der Waals surface area contributed by atoms with Crippen LogP contribution < -0.4 is 15.8 Å². The van der Waals surface area contributed by atoms with Gasteiger partial charge < -0.3 is 25.4 Å². The molecular formula is C15H18ClN5O4. The second-order valence-corrected chi connectivity index (χ2v) is 6.26. The molecule has 0 saturated carbocycles. The predicted molar refractivity (Wildman–Crippen MR) is 90.2 cm³/mol. The Morgan fingerprint density at radius 2 is 2.08 bits per heavy atom. The fraction of sp³-hybridized carbons (Fsp3) is 0.400. The van der Waals surface area contributed by atoms with Crippen molar-refractivity contribution in [3.05, 3.63) is 29.3 Å². The van der Waals surface area contributed by atoms with Gasteiger partial charge in [-0.3, -0.25) is 10.1 Å². The molecule has 1 fully saturated rings. The molecule has 0 radical (unpaired) electrons. The Bertz CT molecular complexity index is 710. The van der Waals surface area contributed by atoms with E-state index in [0.29, 0.717) is 10.8 Å². The molecule has 3 atom stereocenters. The van der Waals surface area contributed by atoms with Crippen molar-refractivity contribution in [2.24, 2.45) is 10.7 Å². The molecule has 0 bridgehead atoms. The summed E-state index contributed by atoms with van der Waals surface area (Å²) < 4.78 is 5.49. The number of ether oxygens (including phenoxy) is 1. The zero-order valence-corrected chi connectivity index (χ0v) is 14.2. The maximum Gasteiger partial charge on any atom is 0.325 e. The molecule has 3 unspecified atom stereocenters. The monoisotopic (exact) mass is 367 g/mol. The van der Waals surface area contributed by atoms with Gasteiger partial charge in [0, 0.05) is 12.1 Å². The number of aliphatic hydroxyl groups is 1. The number of rotatable bonds is 5. The standard InChI is InChI=1S/C15H18ClN5O4/c1-20-12-11(13(23)19-15(20)24)21(14(17)18-12)6-9(22)7-25-10-4-2-8(16)3-5-10/h2-5,9,11-12,22H,6-7H2,1H3,(H2,17,18)(H,19,23,24). The maximum absolute atomic E-state index is 12.1. The lowest BCUT2D eigenvalue weighted by Crippen LogP contribution is -2.64. The summed E-state index contributed by atoms with van der Waals surface area (Å²) in [5.74, 6) is 0.158. The number of fused-ring (bicyclic) bond motifs is 1. The molecule has 1 aromatic carbocycles. The van der Waals surface area contributed by atoms with Gasteiger partial charge in [0.15, 0.2) is 18.2 Å². The molecule has 2 aliphatic rings. The zero-order valence-electron chi connectivity index (χ0n) is 13.4. The molecule has 25 heavy (non-hydrogen) atoms. The molecule has 0 aliphatic carbocycles. The molecule has 4 N–H and O–H groups in total. The van der Waals surface area contributed by atoms with Crippen LogP contribution in [-0.4, -0.2) is 71.3 Å². The molecule has 1 aromatic rings. The number of likely N-dealkylation sites (N-methyl/N-ethyl adjacent to an activating group) is 1. The lowest BCUT2D eigenvalue weighted by Gasteiger charge is -2.36. The maximum atomic E-state index is 12.1. The number of halogens is 1. The predicted octanol–water partition coefficient (Wildman–Crippen LogP) is -0.414. The number of imide groups is 1. The number of nitrogens with zero attached hydrogens (tertiary/aromatic N) is 3. The van der Waals surface area contributed by atoms with E-state index in [2.05, 4.69) is 10.3 Å². The van der Waals surface area contributed by atoms with Crippen LogP contribution in [0.5, 0.6) is 5.75 Å². The van der Waals surface area contributed by atoms with Crippen molar-refractivity contribution >= 4 is 29.5 Å². The lowest BCUT2D eigenvalue weighted by atomic mass is 10.1. The van der Waals surface area contributed by atoms with Gasteiger partial charge >= 0.3 is 6.03 Å². The summed E-state index contributed by atoms with van der Waals surface area (Å²) in [5, 5.41) is 13.0. The van der Waals surface area contributed by atoms with Crippen LogP contribution in [0.2, 0.25) is 5.02 Å². The molecule has 1 saturated heterocycles. The average Bonchev–Trinajstić information content (AvgIpc) is 2.89. The van der Waals surface area contributed by atoms with Crippen LogP contribution in [0.25, 0.3) is 0 Å². The van der Waals surface area contributed by atoms with Gasteiger partial charge in [-0.1, -0.05) is 11.6 Å². The molecular weight excluding hydrogens is 350 g/mol. The fourth-order valence-corrected chi connectivity index (χ4v) is 2.88. The largest absolute Gasteiger partial charge is 0.491 e. The molecule has 9 nitrogen and oxygen atoms in total. The van der Waals surface area contributed by atoms with Crippen LogP contribution in [0.15, 0.2) is 29.3 Å². The normalized spacial score (nSPS) is 23.9. The smallest absolute Gasteiger partial charge is 0.325 e. The Morgan fingerprint density at radius 1 is 1.40 bits per heavy atom. The summed E-state index contributed by atoms with van der Waals surface area (Å²) in [6.07, 6.45) is -1.62. The first kappa shape index (κ1) is 17.3. The molecule has 10 heteroatoms. The highest BCUT2D eigenvalue weighted by molar-refractivity contribution is 6.30. The Morgan fingerprint density at radius 3 is 2.76 bits per heavy atom. The van der Waals surface area contributed by atoms with Crippen molar-refractivity contribution in [2.45, 2.75) is 18.3 Å². The van der Waals surface area contributed by atoms with E-state index in [1.807, 2.05) is 0 Å². The Kier molecular flexibility index (Phi) is 4.69. The highest BCUT2D eigenvalue weighted by Crippen LogP contribution is 2.23. The Hall–Kier alpha value is -2.52. The summed E-state index contributed by atoms with van der Waals surface area (Å²) >= 11 is 5.80. The number of β-amino-alcohol motifs (C(OH)–C–C–N with tert-alkyl or cyclic N) is 1. The number of carbonyl (C=O) groups is 2. The second-order valence-electron chi connectivity index (χ2n) is 5.82. The van der Waals surface area contributed by atoms with Gasteiger partial charge in [-0.15, -0.1) is 0 Å². The lowest BCUT2D eigenvalue weighted by molar-refractivity contribution is -0.127. The molecule has 134 valence electrons. The van der Waals surface area contributed by atoms with Crippen LogP contribution >= 0.6 is 11.6 Å². The van der Waals surface area contributed by atoms with Gasteiger partial charge in [-0.25, -0.2) is 9.79 Å². The van der Waals surface area contributed by atoms with Gasteiger partial charge in [-0.05, 0) is 24.3 Å². The summed E-state index contributed by atoms with van der Waals surface area (Å²) in [5.41, 5.74) is 5.87. The van der Waals surface area contributed by atoms with Crippen molar-refractivity contribution in [3.8, 4) is 5.75 Å². The topological polar surface area (TPSA) is 120 Å². The van der Waals surface area contributed by atoms with E-state index in [9.17, 15) is 14.7 Å². The van der Waals surface area contributed by atoms with Crippen molar-refractivity contribution in [1.82, 2.24) is 15.1 Å². The van der Waals surface area contributed by atoms with E-state index in [0.717, 1.165) is 0 Å². The number of hydrogen-bond donors (Lipinski definition) is 3. The summed E-state index contributed by atoms with van der Waals surface area (Å²) in [6, 6.07) is 5.43. The average molecular weight is 368 g/mol. The van der Waals surface area contributed by atoms with E-state index in [1.165, 1.54) is 16.8 Å². The third-order valence-corrected chi connectivity index (χ3v) is 4.31. The number of amides is 3. The third kappa shape index (κ3) is 3.47. The number of nitrogens with two attached hydrogens (primary N) is 1. The van der Waals surface area contributed by atoms with E-state index in [-0.39, 0.29) is 19.1 Å². The number of aliphatic hydroxyl groups excluding tert-OH is 1. The van der Waals surface area contributed by atoms with E-state index < -0.39 is 30.2 Å². The number of benzene rings is 1. The summed E-state index contributed by atoms with van der Waals surface area (Å²) in [7, 11) is 1.53. The number of carbonyl (C=O) groups excluding carboxylic acids is 2. The van der Waals surface area contributed by atoms with Gasteiger partial charge in [0.05, 0.1) is 6.54 Å². The van der Waals surface area contributed by atoms with Crippen molar-refractivity contribution in [2.75, 3.05) is 20.2 Å². The van der Waals surface area contributed by atoms with E-state index in [4.69, 9.17) is 22.1 Å². The SMILES string of the molecule is CN1C(=O)NC(=O)C2C1N=C(N)N2CC(O)COc1ccc(Cl)cc1. The van der Waals surface area contributed by atoms with Crippen LogP contribution in [0.3, 0.4) is 0 Å². The van der Waals surface area contributed by atoms with Crippen LogP contribution in [-0.2, 0) is 4.79 Å². The number of aliphatic imine (C=N–C) groups is 1. The summed E-state index contributed by atoms with van der Waals surface area (Å²) in [4.78, 5) is 30.7. The molecule has 0 aromatic heterocycles. The number of nitrogens with one attached hydrogen (secondary N) is 1. The van der Waals surface area contributed by atoms with Gasteiger partial charge in [-0.2, -0.15) is 0 Å². The minimum Gasteiger partial charge on any atom is -0.491 e. The zero-order chi connectivity index (χ0) is 18.1. The molecule has 3 amide bonds. The first-order valence-corrected chi connectivity index (χ1v) is 7.98. The van der Waals surface area contributed by atoms with Gasteiger partial charge in [0.25, 0.3) is 5.91 Å². The summed E-state index contributed by atoms with van der Waals surface area (Å²) in [6.45, 7) is 0.0404. The Balaban J connectivity index is 1.61. The van der Waals surface area contributed by atoms with Crippen LogP contribution in [0.4, 0.5) is 4.79 Å². The van der Waals surface area contributed by atoms with E-state index in [1.54, 1.807) is 24.3 Å². The number of hydrogen-bond acceptors (Lipinski definition) is 7. The first-order valence-electron chi connectivity index (χ1n) is 7.61. The second kappa shape index (κ2) is 6.77. The van der Waals surface area contributed by atoms with Crippen molar-refractivity contribution in [1.29, 1.82) is 0 Å². The third-order valence-electron chi connectivity index (χ3n) is 4.06. The minimum atomic E-state index is -0.918. The molecule has 2 aliphatic heterocycles. The van der Waals surface area contributed by atoms with Gasteiger partial charge in [0.2, 0.25) is 0 Å². The highest BCUT2D eigenvalue weighted by Gasteiger charge is 2.48. The fourth-order valence-electron chi connectivity index (χ4n) is 2.76. The van der Waals surface area contributed by atoms with Crippen LogP contribution in [0.1, 0.15) is 0 Å². The highest BCUT2D eigenvalue weighted by atomic mass is 35.5. The molecule has 0 spiro atoms. The van der Waals surface area contributed by atoms with E-state index >= 15 is 0 Å². The van der Waals surface area contributed by atoms with Gasteiger partial charge in [0.1, 0.15) is 18.5 Å². The number of urea groups is 1.